The standard InChI is InChI=1S/C11H16ClNO3/c1-6-10(8(14)5-13)7(12)4-9(15-2)11(6)16-3/h4,8,14H,5,13H2,1-3H3. The molecule has 0 fully saturated rings. The minimum atomic E-state index is -0.799. The number of halogens is 1. The predicted octanol–water partition coefficient (Wildman–Crippen LogP) is 1.66. The fraction of sp³-hybridized carbons (Fsp3) is 0.455. The number of nitrogens with two attached hydrogens (primary N) is 1. The lowest BCUT2D eigenvalue weighted by atomic mass is 10.0. The second-order valence-corrected chi connectivity index (χ2v) is 3.79. The highest BCUT2D eigenvalue weighted by Crippen LogP contribution is 2.39. The van der Waals surface area contributed by atoms with Crippen LogP contribution in [0.1, 0.15) is 17.2 Å². The van der Waals surface area contributed by atoms with Crippen molar-refractivity contribution in [3.05, 3.63) is 22.2 Å². The van der Waals surface area contributed by atoms with Crippen molar-refractivity contribution >= 4 is 11.6 Å². The molecule has 4 nitrogen and oxygen atoms in total. The van der Waals surface area contributed by atoms with Gasteiger partial charge in [0.05, 0.1) is 25.3 Å². The van der Waals surface area contributed by atoms with Gasteiger partial charge in [-0.15, -0.1) is 0 Å². The Hall–Kier alpha value is -0.970. The highest BCUT2D eigenvalue weighted by molar-refractivity contribution is 6.31. The topological polar surface area (TPSA) is 64.7 Å². The minimum Gasteiger partial charge on any atom is -0.493 e. The zero-order valence-electron chi connectivity index (χ0n) is 9.58. The largest absolute Gasteiger partial charge is 0.493 e. The van der Waals surface area contributed by atoms with Crippen LogP contribution in [-0.2, 0) is 0 Å². The van der Waals surface area contributed by atoms with Gasteiger partial charge in [-0.25, -0.2) is 0 Å². The highest BCUT2D eigenvalue weighted by Gasteiger charge is 2.20. The lowest BCUT2D eigenvalue weighted by Gasteiger charge is -2.18. The van der Waals surface area contributed by atoms with Crippen molar-refractivity contribution in [1.82, 2.24) is 0 Å². The molecule has 0 spiro atoms. The first-order valence-electron chi connectivity index (χ1n) is 4.85. The van der Waals surface area contributed by atoms with Gasteiger partial charge in [-0.2, -0.15) is 0 Å². The summed E-state index contributed by atoms with van der Waals surface area (Å²) in [5.41, 5.74) is 6.75. The maximum atomic E-state index is 9.77. The zero-order chi connectivity index (χ0) is 12.3. The Kier molecular flexibility index (Phi) is 4.41. The predicted molar refractivity (Wildman–Crippen MR) is 63.3 cm³/mol. The molecule has 0 aliphatic heterocycles. The molecule has 1 unspecified atom stereocenters. The van der Waals surface area contributed by atoms with Crippen LogP contribution >= 0.6 is 11.6 Å². The van der Waals surface area contributed by atoms with Crippen molar-refractivity contribution in [2.75, 3.05) is 20.8 Å². The zero-order valence-corrected chi connectivity index (χ0v) is 10.3. The van der Waals surface area contributed by atoms with E-state index >= 15 is 0 Å². The molecule has 0 aromatic heterocycles. The third kappa shape index (κ3) is 2.24. The first kappa shape index (κ1) is 13.1. The van der Waals surface area contributed by atoms with Crippen molar-refractivity contribution in [2.45, 2.75) is 13.0 Å². The smallest absolute Gasteiger partial charge is 0.164 e. The lowest BCUT2D eigenvalue weighted by molar-refractivity contribution is 0.185. The Morgan fingerprint density at radius 3 is 2.50 bits per heavy atom. The molecule has 1 aromatic carbocycles. The molecule has 0 saturated heterocycles. The quantitative estimate of drug-likeness (QED) is 0.847. The Labute approximate surface area is 99.9 Å². The van der Waals surface area contributed by atoms with Gasteiger partial charge in [-0.3, -0.25) is 0 Å². The van der Waals surface area contributed by atoms with Gasteiger partial charge < -0.3 is 20.3 Å². The van der Waals surface area contributed by atoms with E-state index in [0.717, 1.165) is 5.56 Å². The number of aliphatic hydroxyl groups excluding tert-OH is 1. The summed E-state index contributed by atoms with van der Waals surface area (Å²) in [6, 6.07) is 1.61. The van der Waals surface area contributed by atoms with E-state index in [4.69, 9.17) is 26.8 Å². The van der Waals surface area contributed by atoms with Crippen LogP contribution in [0.25, 0.3) is 0 Å². The van der Waals surface area contributed by atoms with Crippen LogP contribution < -0.4 is 15.2 Å². The molecule has 16 heavy (non-hydrogen) atoms. The molecule has 90 valence electrons. The Bertz CT molecular complexity index is 382. The summed E-state index contributed by atoms with van der Waals surface area (Å²) in [5.74, 6) is 1.10. The fourth-order valence-electron chi connectivity index (χ4n) is 1.68. The molecule has 0 amide bonds. The van der Waals surface area contributed by atoms with Crippen LogP contribution in [0.4, 0.5) is 0 Å². The number of ether oxygens (including phenoxy) is 2. The molecular weight excluding hydrogens is 230 g/mol. The summed E-state index contributed by atoms with van der Waals surface area (Å²) in [6.07, 6.45) is -0.799. The van der Waals surface area contributed by atoms with Crippen molar-refractivity contribution in [2.24, 2.45) is 5.73 Å². The van der Waals surface area contributed by atoms with Crippen LogP contribution in [0, 0.1) is 6.92 Å². The van der Waals surface area contributed by atoms with Crippen LogP contribution in [0.15, 0.2) is 6.07 Å². The van der Waals surface area contributed by atoms with E-state index in [0.29, 0.717) is 22.1 Å². The molecule has 1 aromatic rings. The highest BCUT2D eigenvalue weighted by atomic mass is 35.5. The minimum absolute atomic E-state index is 0.107. The number of methoxy groups -OCH3 is 2. The summed E-state index contributed by atoms with van der Waals surface area (Å²) in [5, 5.41) is 10.2. The number of hydrogen-bond acceptors (Lipinski definition) is 4. The second-order valence-electron chi connectivity index (χ2n) is 3.38. The Balaban J connectivity index is 3.40. The number of benzene rings is 1. The molecule has 1 atom stereocenters. The Morgan fingerprint density at radius 2 is 2.06 bits per heavy atom. The Morgan fingerprint density at radius 1 is 1.44 bits per heavy atom. The van der Waals surface area contributed by atoms with Crippen LogP contribution in [0.2, 0.25) is 5.02 Å². The first-order valence-corrected chi connectivity index (χ1v) is 5.23. The van der Waals surface area contributed by atoms with Gasteiger partial charge in [0, 0.05) is 23.7 Å². The summed E-state index contributed by atoms with van der Waals surface area (Å²) in [6.45, 7) is 1.91. The number of aliphatic hydroxyl groups is 1. The van der Waals surface area contributed by atoms with E-state index in [1.54, 1.807) is 13.0 Å². The average Bonchev–Trinajstić information content (AvgIpc) is 2.27. The van der Waals surface area contributed by atoms with Crippen LogP contribution in [-0.4, -0.2) is 25.9 Å². The van der Waals surface area contributed by atoms with Gasteiger partial charge in [0.1, 0.15) is 0 Å². The van der Waals surface area contributed by atoms with Crippen LogP contribution in [0.5, 0.6) is 11.5 Å². The second kappa shape index (κ2) is 5.39. The van der Waals surface area contributed by atoms with Gasteiger partial charge in [-0.05, 0) is 6.92 Å². The van der Waals surface area contributed by atoms with Crippen LogP contribution in [0.3, 0.4) is 0 Å². The third-order valence-electron chi connectivity index (χ3n) is 2.46. The summed E-state index contributed by atoms with van der Waals surface area (Å²) in [4.78, 5) is 0. The van der Waals surface area contributed by atoms with E-state index in [1.807, 2.05) is 0 Å². The van der Waals surface area contributed by atoms with Gasteiger partial charge in [-0.1, -0.05) is 11.6 Å². The van der Waals surface area contributed by atoms with Gasteiger partial charge in [0.2, 0.25) is 0 Å². The normalized spacial score (nSPS) is 12.4. The molecular formula is C11H16ClNO3. The molecule has 0 saturated carbocycles. The molecule has 0 aliphatic rings. The van der Waals surface area contributed by atoms with E-state index in [9.17, 15) is 5.11 Å². The van der Waals surface area contributed by atoms with Crippen molar-refractivity contribution in [3.63, 3.8) is 0 Å². The summed E-state index contributed by atoms with van der Waals surface area (Å²) in [7, 11) is 3.07. The molecule has 0 radical (unpaired) electrons. The molecule has 0 heterocycles. The van der Waals surface area contributed by atoms with E-state index in [-0.39, 0.29) is 6.54 Å². The van der Waals surface area contributed by atoms with Crippen molar-refractivity contribution in [1.29, 1.82) is 0 Å². The molecule has 0 aliphatic carbocycles. The average molecular weight is 246 g/mol. The molecule has 0 bridgehead atoms. The van der Waals surface area contributed by atoms with Crippen molar-refractivity contribution < 1.29 is 14.6 Å². The SMILES string of the molecule is COc1cc(Cl)c(C(O)CN)c(C)c1OC. The first-order chi connectivity index (χ1) is 7.56. The fourth-order valence-corrected chi connectivity index (χ4v) is 2.04. The van der Waals surface area contributed by atoms with Crippen molar-refractivity contribution in [3.8, 4) is 11.5 Å². The maximum Gasteiger partial charge on any atom is 0.164 e. The molecule has 1 rings (SSSR count). The molecule has 5 heteroatoms. The summed E-state index contributed by atoms with van der Waals surface area (Å²) >= 11 is 6.06. The van der Waals surface area contributed by atoms with E-state index in [2.05, 4.69) is 0 Å². The van der Waals surface area contributed by atoms with Gasteiger partial charge >= 0.3 is 0 Å². The van der Waals surface area contributed by atoms with Gasteiger partial charge in [0.15, 0.2) is 11.5 Å². The number of hydrogen-bond donors (Lipinski definition) is 2. The maximum absolute atomic E-state index is 9.77. The number of rotatable bonds is 4. The monoisotopic (exact) mass is 245 g/mol. The third-order valence-corrected chi connectivity index (χ3v) is 2.78. The molecule has 3 N–H and O–H groups in total. The van der Waals surface area contributed by atoms with E-state index < -0.39 is 6.10 Å². The van der Waals surface area contributed by atoms with E-state index in [1.165, 1.54) is 14.2 Å². The summed E-state index contributed by atoms with van der Waals surface area (Å²) < 4.78 is 10.4. The lowest BCUT2D eigenvalue weighted by Crippen LogP contribution is -2.14. The van der Waals surface area contributed by atoms with Gasteiger partial charge in [0.25, 0.3) is 0 Å².